The molecule has 0 saturated carbocycles. The van der Waals surface area contributed by atoms with E-state index in [-0.39, 0.29) is 12.1 Å². The first-order valence-electron chi connectivity index (χ1n) is 7.80. The van der Waals surface area contributed by atoms with E-state index in [9.17, 15) is 9.90 Å². The van der Waals surface area contributed by atoms with Crippen LogP contribution in [0.4, 0.5) is 4.79 Å². The zero-order valence-electron chi connectivity index (χ0n) is 12.5. The summed E-state index contributed by atoms with van der Waals surface area (Å²) in [7, 11) is 0. The number of ether oxygens (including phenoxy) is 1. The zero-order valence-corrected chi connectivity index (χ0v) is 12.5. The molecule has 2 atom stereocenters. The van der Waals surface area contributed by atoms with E-state index in [1.54, 1.807) is 0 Å². The van der Waals surface area contributed by atoms with Crippen molar-refractivity contribution < 1.29 is 14.6 Å². The fraction of sp³-hybridized carbons (Fsp3) is 0.471. The Morgan fingerprint density at radius 2 is 2.23 bits per heavy atom. The molecule has 3 rings (SSSR count). The van der Waals surface area contributed by atoms with Crippen LogP contribution in [-0.2, 0) is 11.2 Å². The van der Waals surface area contributed by atoms with Gasteiger partial charge in [0.05, 0.1) is 25.4 Å². The van der Waals surface area contributed by atoms with E-state index >= 15 is 0 Å². The number of benzene rings is 1. The van der Waals surface area contributed by atoms with Gasteiger partial charge in [-0.25, -0.2) is 4.79 Å². The number of aliphatic hydroxyl groups excluding tert-OH is 1. The van der Waals surface area contributed by atoms with E-state index in [0.717, 1.165) is 30.6 Å². The molecule has 0 bridgehead atoms. The van der Waals surface area contributed by atoms with Crippen LogP contribution in [0.25, 0.3) is 0 Å². The van der Waals surface area contributed by atoms with Gasteiger partial charge in [0.25, 0.3) is 0 Å². The number of amides is 2. The molecule has 0 unspecified atom stereocenters. The molecule has 1 aliphatic carbocycles. The molecule has 2 aliphatic rings. The molecule has 0 spiro atoms. The molecule has 0 radical (unpaired) electrons. The lowest BCUT2D eigenvalue weighted by atomic mass is 10.1. The Morgan fingerprint density at radius 3 is 3.05 bits per heavy atom. The summed E-state index contributed by atoms with van der Waals surface area (Å²) in [4.78, 5) is 12.0. The lowest BCUT2D eigenvalue weighted by Crippen LogP contribution is -2.41. The summed E-state index contributed by atoms with van der Waals surface area (Å²) < 4.78 is 5.26. The van der Waals surface area contributed by atoms with Crippen molar-refractivity contribution in [2.45, 2.75) is 31.4 Å². The molecule has 0 fully saturated rings. The molecule has 1 aliphatic heterocycles. The number of nitrogens with one attached hydrogen (secondary N) is 2. The van der Waals surface area contributed by atoms with Gasteiger partial charge >= 0.3 is 6.03 Å². The molecule has 1 aromatic rings. The number of carbonyl (C=O) groups excluding carboxylic acids is 1. The van der Waals surface area contributed by atoms with Crippen molar-refractivity contribution in [3.05, 3.63) is 47.0 Å². The smallest absolute Gasteiger partial charge is 0.315 e. The molecule has 5 heteroatoms. The van der Waals surface area contributed by atoms with E-state index in [1.807, 2.05) is 24.3 Å². The maximum Gasteiger partial charge on any atom is 0.315 e. The average molecular weight is 302 g/mol. The van der Waals surface area contributed by atoms with Gasteiger partial charge in [0.15, 0.2) is 0 Å². The Kier molecular flexibility index (Phi) is 4.75. The van der Waals surface area contributed by atoms with E-state index in [2.05, 4.69) is 16.7 Å². The fourth-order valence-corrected chi connectivity index (χ4v) is 3.07. The standard InChI is InChI=1S/C17H22N2O3/c20-15-11-13-3-1-2-4-14(13)16(15)19-17(21)18-8-5-12-6-9-22-10-7-12/h1-4,6,15-16,20H,5,7-11H2,(H2,18,19,21)/t15-,16-/m1/s1. The molecule has 5 nitrogen and oxygen atoms in total. The van der Waals surface area contributed by atoms with Crippen LogP contribution in [0.1, 0.15) is 30.0 Å². The maximum atomic E-state index is 12.0. The van der Waals surface area contributed by atoms with Gasteiger partial charge < -0.3 is 20.5 Å². The van der Waals surface area contributed by atoms with Gasteiger partial charge in [-0.05, 0) is 24.0 Å². The molecular weight excluding hydrogens is 280 g/mol. The molecule has 1 aromatic carbocycles. The molecule has 3 N–H and O–H groups in total. The number of carbonyl (C=O) groups is 1. The number of aliphatic hydroxyl groups is 1. The van der Waals surface area contributed by atoms with Crippen LogP contribution in [0.2, 0.25) is 0 Å². The minimum absolute atomic E-state index is 0.228. The predicted molar refractivity (Wildman–Crippen MR) is 83.6 cm³/mol. The van der Waals surface area contributed by atoms with Crippen LogP contribution in [0.5, 0.6) is 0 Å². The van der Waals surface area contributed by atoms with Crippen LogP contribution in [0, 0.1) is 0 Å². The Hall–Kier alpha value is -1.85. The van der Waals surface area contributed by atoms with Crippen molar-refractivity contribution in [1.29, 1.82) is 0 Å². The van der Waals surface area contributed by atoms with Crippen LogP contribution < -0.4 is 10.6 Å². The predicted octanol–water partition coefficient (Wildman–Crippen LogP) is 1.68. The highest BCUT2D eigenvalue weighted by Gasteiger charge is 2.31. The Balaban J connectivity index is 1.48. The highest BCUT2D eigenvalue weighted by Crippen LogP contribution is 2.30. The molecule has 1 heterocycles. The van der Waals surface area contributed by atoms with Gasteiger partial charge in [0.1, 0.15) is 0 Å². The molecule has 0 aromatic heterocycles. The van der Waals surface area contributed by atoms with Crippen molar-refractivity contribution >= 4 is 6.03 Å². The van der Waals surface area contributed by atoms with Crippen molar-refractivity contribution in [2.75, 3.05) is 19.8 Å². The van der Waals surface area contributed by atoms with Gasteiger partial charge in [-0.1, -0.05) is 35.9 Å². The number of rotatable bonds is 4. The van der Waals surface area contributed by atoms with E-state index in [4.69, 9.17) is 4.74 Å². The average Bonchev–Trinajstić information content (AvgIpc) is 2.84. The number of hydrogen-bond acceptors (Lipinski definition) is 3. The van der Waals surface area contributed by atoms with Gasteiger partial charge in [-0.3, -0.25) is 0 Å². The lowest BCUT2D eigenvalue weighted by molar-refractivity contribution is 0.142. The van der Waals surface area contributed by atoms with Gasteiger partial charge in [-0.15, -0.1) is 0 Å². The summed E-state index contributed by atoms with van der Waals surface area (Å²) in [5, 5.41) is 15.9. The van der Waals surface area contributed by atoms with Crippen molar-refractivity contribution in [1.82, 2.24) is 10.6 Å². The summed E-state index contributed by atoms with van der Waals surface area (Å²) in [6.45, 7) is 2.04. The number of fused-ring (bicyclic) bond motifs is 1. The molecule has 118 valence electrons. The van der Waals surface area contributed by atoms with Gasteiger partial charge in [0.2, 0.25) is 0 Å². The number of hydrogen-bond donors (Lipinski definition) is 3. The summed E-state index contributed by atoms with van der Waals surface area (Å²) in [5.41, 5.74) is 3.45. The summed E-state index contributed by atoms with van der Waals surface area (Å²) in [6, 6.07) is 7.29. The lowest BCUT2D eigenvalue weighted by Gasteiger charge is -2.19. The van der Waals surface area contributed by atoms with Crippen LogP contribution in [0.15, 0.2) is 35.9 Å². The zero-order chi connectivity index (χ0) is 15.4. The monoisotopic (exact) mass is 302 g/mol. The van der Waals surface area contributed by atoms with Crippen molar-refractivity contribution in [2.24, 2.45) is 0 Å². The summed E-state index contributed by atoms with van der Waals surface area (Å²) >= 11 is 0. The first-order chi connectivity index (χ1) is 10.7. The van der Waals surface area contributed by atoms with E-state index in [0.29, 0.717) is 19.6 Å². The van der Waals surface area contributed by atoms with Crippen LogP contribution >= 0.6 is 0 Å². The van der Waals surface area contributed by atoms with E-state index in [1.165, 1.54) is 5.57 Å². The summed E-state index contributed by atoms with van der Waals surface area (Å²) in [6.07, 6.45) is 3.91. The SMILES string of the molecule is O=C(NCCC1=CCOCC1)N[C@@H]1c2ccccc2C[C@H]1O. The highest BCUT2D eigenvalue weighted by molar-refractivity contribution is 5.74. The second-order valence-corrected chi connectivity index (χ2v) is 5.79. The Bertz CT molecular complexity index is 571. The van der Waals surface area contributed by atoms with Crippen molar-refractivity contribution in [3.8, 4) is 0 Å². The third-order valence-electron chi connectivity index (χ3n) is 4.28. The van der Waals surface area contributed by atoms with Gasteiger partial charge in [0, 0.05) is 13.0 Å². The molecule has 0 saturated heterocycles. The fourth-order valence-electron chi connectivity index (χ4n) is 3.07. The summed E-state index contributed by atoms with van der Waals surface area (Å²) in [5.74, 6) is 0. The Labute approximate surface area is 130 Å². The molecule has 2 amide bonds. The van der Waals surface area contributed by atoms with Gasteiger partial charge in [-0.2, -0.15) is 0 Å². The third kappa shape index (κ3) is 3.48. The maximum absolute atomic E-state index is 12.0. The third-order valence-corrected chi connectivity index (χ3v) is 4.28. The first kappa shape index (κ1) is 15.1. The quantitative estimate of drug-likeness (QED) is 0.741. The minimum Gasteiger partial charge on any atom is -0.390 e. The Morgan fingerprint density at radius 1 is 1.36 bits per heavy atom. The second-order valence-electron chi connectivity index (χ2n) is 5.79. The normalized spacial score (nSPS) is 23.6. The van der Waals surface area contributed by atoms with Crippen molar-refractivity contribution in [3.63, 3.8) is 0 Å². The second kappa shape index (κ2) is 6.94. The number of urea groups is 1. The van der Waals surface area contributed by atoms with Crippen LogP contribution in [0.3, 0.4) is 0 Å². The van der Waals surface area contributed by atoms with Crippen LogP contribution in [-0.4, -0.2) is 37.0 Å². The highest BCUT2D eigenvalue weighted by atomic mass is 16.5. The molecule has 22 heavy (non-hydrogen) atoms. The minimum atomic E-state index is -0.554. The largest absolute Gasteiger partial charge is 0.390 e. The first-order valence-corrected chi connectivity index (χ1v) is 7.80. The molecular formula is C17H22N2O3. The topological polar surface area (TPSA) is 70.6 Å². The van der Waals surface area contributed by atoms with E-state index < -0.39 is 6.10 Å².